The summed E-state index contributed by atoms with van der Waals surface area (Å²) < 4.78 is 15.6. The Bertz CT molecular complexity index is 1230. The van der Waals surface area contributed by atoms with Gasteiger partial charge in [0, 0.05) is 17.1 Å². The summed E-state index contributed by atoms with van der Waals surface area (Å²) in [5.74, 6) is -0.220. The third kappa shape index (κ3) is 4.20. The molecule has 5 N–H and O–H groups in total. The van der Waals surface area contributed by atoms with Crippen molar-refractivity contribution in [1.82, 2.24) is 19.7 Å². The van der Waals surface area contributed by atoms with Gasteiger partial charge in [-0.05, 0) is 25.0 Å². The third-order valence-electron chi connectivity index (χ3n) is 5.44. The number of rotatable bonds is 7. The van der Waals surface area contributed by atoms with Crippen LogP contribution in [0.4, 0.5) is 15.9 Å². The van der Waals surface area contributed by atoms with E-state index in [1.165, 1.54) is 23.0 Å². The number of carbonyl (C=O) groups is 2. The zero-order valence-electron chi connectivity index (χ0n) is 17.4. The molecule has 1 fully saturated rings. The van der Waals surface area contributed by atoms with Crippen LogP contribution in [0.5, 0.6) is 0 Å². The van der Waals surface area contributed by atoms with Crippen LogP contribution >= 0.6 is 0 Å². The SMILES string of the molecule is CC1(C(=O)Nc2cnc(-c3cc(C(N)=CC=O)n(Cc4ccccc4F)n3)nc2N)CC1. The molecular formula is C22H22FN7O2. The van der Waals surface area contributed by atoms with Crippen molar-refractivity contribution in [2.24, 2.45) is 11.1 Å². The number of hydrogen-bond donors (Lipinski definition) is 3. The Hall–Kier alpha value is -4.08. The van der Waals surface area contributed by atoms with Crippen molar-refractivity contribution >= 4 is 29.4 Å². The van der Waals surface area contributed by atoms with Gasteiger partial charge in [-0.25, -0.2) is 14.4 Å². The van der Waals surface area contributed by atoms with Crippen molar-refractivity contribution in [3.63, 3.8) is 0 Å². The fourth-order valence-corrected chi connectivity index (χ4v) is 3.13. The molecule has 0 unspecified atom stereocenters. The van der Waals surface area contributed by atoms with Gasteiger partial charge in [0.25, 0.3) is 0 Å². The lowest BCUT2D eigenvalue weighted by atomic mass is 10.1. The smallest absolute Gasteiger partial charge is 0.230 e. The number of anilines is 2. The Kier molecular flexibility index (Phi) is 5.43. The quantitative estimate of drug-likeness (QED) is 0.382. The third-order valence-corrected chi connectivity index (χ3v) is 5.44. The van der Waals surface area contributed by atoms with E-state index in [1.54, 1.807) is 24.3 Å². The van der Waals surface area contributed by atoms with Crippen LogP contribution < -0.4 is 16.8 Å². The molecule has 1 saturated carbocycles. The molecule has 32 heavy (non-hydrogen) atoms. The van der Waals surface area contributed by atoms with Crippen molar-refractivity contribution in [1.29, 1.82) is 0 Å². The van der Waals surface area contributed by atoms with Crippen LogP contribution in [-0.2, 0) is 16.1 Å². The molecule has 3 aromatic rings. The molecule has 0 spiro atoms. The van der Waals surface area contributed by atoms with Gasteiger partial charge < -0.3 is 16.8 Å². The van der Waals surface area contributed by atoms with E-state index in [2.05, 4.69) is 20.4 Å². The molecule has 9 nitrogen and oxygen atoms in total. The number of aromatic nitrogens is 4. The molecule has 10 heteroatoms. The number of halogens is 1. The van der Waals surface area contributed by atoms with Gasteiger partial charge >= 0.3 is 0 Å². The lowest BCUT2D eigenvalue weighted by Crippen LogP contribution is -2.22. The summed E-state index contributed by atoms with van der Waals surface area (Å²) in [6.45, 7) is 1.96. The molecule has 2 heterocycles. The number of carbonyl (C=O) groups excluding carboxylic acids is 2. The summed E-state index contributed by atoms with van der Waals surface area (Å²) >= 11 is 0. The highest BCUT2D eigenvalue weighted by Crippen LogP contribution is 2.45. The molecule has 0 bridgehead atoms. The molecule has 1 aromatic carbocycles. The van der Waals surface area contributed by atoms with Crippen LogP contribution in [-0.4, -0.2) is 31.9 Å². The molecule has 0 radical (unpaired) electrons. The largest absolute Gasteiger partial charge is 0.397 e. The predicted octanol–water partition coefficient (Wildman–Crippen LogP) is 2.35. The minimum absolute atomic E-state index is 0.0810. The van der Waals surface area contributed by atoms with Crippen LogP contribution in [0.1, 0.15) is 31.0 Å². The zero-order chi connectivity index (χ0) is 22.9. The molecule has 0 aliphatic heterocycles. The number of nitrogens with two attached hydrogens (primary N) is 2. The highest BCUT2D eigenvalue weighted by Gasteiger charge is 2.45. The summed E-state index contributed by atoms with van der Waals surface area (Å²) in [7, 11) is 0. The van der Waals surface area contributed by atoms with Crippen molar-refractivity contribution in [3.8, 4) is 11.5 Å². The molecule has 0 atom stereocenters. The maximum Gasteiger partial charge on any atom is 0.230 e. The number of hydrogen-bond acceptors (Lipinski definition) is 7. The van der Waals surface area contributed by atoms with Crippen molar-refractivity contribution in [2.75, 3.05) is 11.1 Å². The van der Waals surface area contributed by atoms with Crippen molar-refractivity contribution < 1.29 is 14.0 Å². The lowest BCUT2D eigenvalue weighted by Gasteiger charge is -2.11. The van der Waals surface area contributed by atoms with E-state index in [9.17, 15) is 14.0 Å². The normalized spacial score (nSPS) is 14.8. The van der Waals surface area contributed by atoms with Gasteiger partial charge in [0.2, 0.25) is 5.91 Å². The molecule has 1 amide bonds. The average molecular weight is 435 g/mol. The molecule has 1 aliphatic rings. The highest BCUT2D eigenvalue weighted by atomic mass is 19.1. The Morgan fingerprint density at radius 1 is 1.34 bits per heavy atom. The summed E-state index contributed by atoms with van der Waals surface area (Å²) in [6, 6.07) is 7.88. The first kappa shape index (κ1) is 21.2. The second kappa shape index (κ2) is 8.22. The highest BCUT2D eigenvalue weighted by molar-refractivity contribution is 5.98. The minimum Gasteiger partial charge on any atom is -0.397 e. The Morgan fingerprint density at radius 2 is 2.09 bits per heavy atom. The maximum atomic E-state index is 14.2. The summed E-state index contributed by atoms with van der Waals surface area (Å²) in [6.07, 6.45) is 4.82. The maximum absolute atomic E-state index is 14.2. The standard InChI is InChI=1S/C22H22FN7O2/c1-22(7-8-22)21(32)27-17-11-26-20(28-19(17)25)16-10-18(15(24)6-9-31)30(29-16)12-13-4-2-3-5-14(13)23/h2-6,9-11H,7-8,12,24H2,1H3,(H,27,32)(H2,25,26,28). The average Bonchev–Trinajstić information content (AvgIpc) is 3.38. The van der Waals surface area contributed by atoms with Crippen LogP contribution in [0.3, 0.4) is 0 Å². The number of nitrogens with one attached hydrogen (secondary N) is 1. The zero-order valence-corrected chi connectivity index (χ0v) is 17.4. The van der Waals surface area contributed by atoms with E-state index in [0.29, 0.717) is 28.9 Å². The van der Waals surface area contributed by atoms with Crippen LogP contribution in [0.25, 0.3) is 17.2 Å². The summed E-state index contributed by atoms with van der Waals surface area (Å²) in [4.78, 5) is 31.7. The number of aldehydes is 1. The Labute approximate surface area is 183 Å². The fourth-order valence-electron chi connectivity index (χ4n) is 3.13. The second-order valence-electron chi connectivity index (χ2n) is 7.93. The van der Waals surface area contributed by atoms with Gasteiger partial charge in [-0.3, -0.25) is 14.3 Å². The predicted molar refractivity (Wildman–Crippen MR) is 117 cm³/mol. The molecule has 1 aliphatic carbocycles. The monoisotopic (exact) mass is 435 g/mol. The number of amides is 1. The minimum atomic E-state index is -0.390. The Morgan fingerprint density at radius 3 is 2.75 bits per heavy atom. The van der Waals surface area contributed by atoms with E-state index < -0.39 is 5.82 Å². The summed E-state index contributed by atoms with van der Waals surface area (Å²) in [5.41, 5.74) is 13.3. The molecule has 0 saturated heterocycles. The van der Waals surface area contributed by atoms with Gasteiger partial charge in [-0.2, -0.15) is 5.10 Å². The van der Waals surface area contributed by atoms with Crippen molar-refractivity contribution in [2.45, 2.75) is 26.3 Å². The number of nitrogens with zero attached hydrogens (tertiary/aromatic N) is 4. The Balaban J connectivity index is 1.66. The number of benzene rings is 1. The molecular weight excluding hydrogens is 413 g/mol. The number of allylic oxidation sites excluding steroid dienone is 1. The van der Waals surface area contributed by atoms with Crippen LogP contribution in [0, 0.1) is 11.2 Å². The first-order valence-corrected chi connectivity index (χ1v) is 9.97. The van der Waals surface area contributed by atoms with E-state index in [1.807, 2.05) is 6.92 Å². The van der Waals surface area contributed by atoms with E-state index in [-0.39, 0.29) is 35.2 Å². The van der Waals surface area contributed by atoms with E-state index in [0.717, 1.165) is 12.8 Å². The van der Waals surface area contributed by atoms with Crippen molar-refractivity contribution in [3.05, 3.63) is 59.7 Å². The second-order valence-corrected chi connectivity index (χ2v) is 7.93. The first-order valence-electron chi connectivity index (χ1n) is 9.97. The van der Waals surface area contributed by atoms with Gasteiger partial charge in [0.15, 0.2) is 11.6 Å². The van der Waals surface area contributed by atoms with Gasteiger partial charge in [0.05, 0.1) is 24.1 Å². The van der Waals surface area contributed by atoms with E-state index >= 15 is 0 Å². The van der Waals surface area contributed by atoms with E-state index in [4.69, 9.17) is 11.5 Å². The summed E-state index contributed by atoms with van der Waals surface area (Å²) in [5, 5.41) is 7.20. The van der Waals surface area contributed by atoms with Gasteiger partial charge in [-0.15, -0.1) is 0 Å². The van der Waals surface area contributed by atoms with Gasteiger partial charge in [-0.1, -0.05) is 25.1 Å². The van der Waals surface area contributed by atoms with Gasteiger partial charge in [0.1, 0.15) is 23.5 Å². The topological polar surface area (TPSA) is 142 Å². The van der Waals surface area contributed by atoms with Crippen LogP contribution in [0.2, 0.25) is 0 Å². The first-order chi connectivity index (χ1) is 15.3. The molecule has 2 aromatic heterocycles. The molecule has 4 rings (SSSR count). The fraction of sp³-hybridized carbons (Fsp3) is 0.227. The molecule has 164 valence electrons. The number of nitrogen functional groups attached to an aromatic ring is 1. The lowest BCUT2D eigenvalue weighted by molar-refractivity contribution is -0.120. The van der Waals surface area contributed by atoms with Crippen LogP contribution in [0.15, 0.2) is 42.6 Å².